The minimum Gasteiger partial charge on any atom is -0.310 e. The molecule has 122 heavy (non-hydrogen) atoms. The summed E-state index contributed by atoms with van der Waals surface area (Å²) in [5, 5.41) is 9.77. The highest BCUT2D eigenvalue weighted by Gasteiger charge is 2.25. The molecule has 0 aliphatic heterocycles. The molecule has 23 aromatic rings. The summed E-state index contributed by atoms with van der Waals surface area (Å²) < 4.78 is 4.84. The zero-order chi connectivity index (χ0) is 80.8. The van der Waals surface area contributed by atoms with Crippen LogP contribution in [0.4, 0.5) is 34.1 Å². The average Bonchev–Trinajstić information content (AvgIpc) is 1.57. The average molecular weight is 1560 g/mol. The molecule has 4 heterocycles. The number of benzene rings is 19. The molecule has 0 radical (unpaired) electrons. The molecular formula is C114H76N8. The van der Waals surface area contributed by atoms with Crippen molar-refractivity contribution < 1.29 is 0 Å². The summed E-state index contributed by atoms with van der Waals surface area (Å²) in [6.45, 7) is 0. The summed E-state index contributed by atoms with van der Waals surface area (Å²) >= 11 is 0. The lowest BCUT2D eigenvalue weighted by Crippen LogP contribution is -2.10. The molecule has 4 aromatic heterocycles. The van der Waals surface area contributed by atoms with Gasteiger partial charge < -0.3 is 18.9 Å². The normalized spacial score (nSPS) is 11.4. The van der Waals surface area contributed by atoms with E-state index < -0.39 is 0 Å². The van der Waals surface area contributed by atoms with Crippen molar-refractivity contribution in [3.05, 3.63) is 461 Å². The van der Waals surface area contributed by atoms with Crippen LogP contribution in [-0.4, -0.2) is 29.1 Å². The van der Waals surface area contributed by atoms with E-state index in [1.54, 1.807) is 0 Å². The fraction of sp³-hybridized carbons (Fsp3) is 0. The Labute approximate surface area is 706 Å². The van der Waals surface area contributed by atoms with Crippen LogP contribution >= 0.6 is 0 Å². The third kappa shape index (κ3) is 13.4. The Morgan fingerprint density at radius 3 is 0.885 bits per heavy atom. The molecule has 8 nitrogen and oxygen atoms in total. The summed E-state index contributed by atoms with van der Waals surface area (Å²) in [4.78, 5) is 25.9. The van der Waals surface area contributed by atoms with E-state index >= 15 is 0 Å². The molecule has 0 saturated carbocycles. The van der Waals surface area contributed by atoms with Gasteiger partial charge in [-0.1, -0.05) is 334 Å². The van der Waals surface area contributed by atoms with E-state index in [2.05, 4.69) is 456 Å². The van der Waals surface area contributed by atoms with Gasteiger partial charge in [-0.3, -0.25) is 0 Å². The first-order chi connectivity index (χ1) is 60.5. The predicted octanol–water partition coefficient (Wildman–Crippen LogP) is 30.4. The number of aromatic nitrogens is 6. The molecule has 0 saturated heterocycles. The number of hydrogen-bond donors (Lipinski definition) is 0. The Morgan fingerprint density at radius 2 is 0.467 bits per heavy atom. The number of fused-ring (bicyclic) bond motifs is 12. The van der Waals surface area contributed by atoms with Crippen LogP contribution < -0.4 is 9.80 Å². The molecule has 0 N–H and O–H groups in total. The number of anilines is 6. The van der Waals surface area contributed by atoms with Crippen LogP contribution in [0.1, 0.15) is 0 Å². The summed E-state index contributed by atoms with van der Waals surface area (Å²) in [5.74, 6) is 0. The molecule has 0 fully saturated rings. The molecule has 8 heteroatoms. The van der Waals surface area contributed by atoms with Crippen molar-refractivity contribution in [1.29, 1.82) is 0 Å². The molecule has 0 aliphatic rings. The van der Waals surface area contributed by atoms with E-state index in [-0.39, 0.29) is 0 Å². The molecule has 23 rings (SSSR count). The zero-order valence-corrected chi connectivity index (χ0v) is 66.5. The Balaban J connectivity index is 0.000000146. The van der Waals surface area contributed by atoms with E-state index in [1.807, 2.05) is 24.3 Å². The first kappa shape index (κ1) is 72.1. The van der Waals surface area contributed by atoms with Crippen molar-refractivity contribution in [2.24, 2.45) is 0 Å². The Hall–Kier alpha value is -16.4. The highest BCUT2D eigenvalue weighted by Crippen LogP contribution is 2.47. The first-order valence-electron chi connectivity index (χ1n) is 41.4. The monoisotopic (exact) mass is 1560 g/mol. The lowest BCUT2D eigenvalue weighted by molar-refractivity contribution is 1.17. The Bertz CT molecular complexity index is 7820. The minimum atomic E-state index is 0.840. The second-order valence-corrected chi connectivity index (χ2v) is 30.8. The second kappa shape index (κ2) is 31.2. The van der Waals surface area contributed by atoms with Gasteiger partial charge in [0, 0.05) is 89.3 Å². The SMILES string of the molecule is c1ccc(-c2ccc(N(c3ccccc3)c3ccc4c5c6ccccc6ccc5n(-c5ccc6nc(-c7ccccc7)c(-c7ccccc7)nc6c5)c4c3)cc2)cc1.c1ccc(-c2ccc(N(c3ccccc3)c3ccc4c5c6ccccc6ccc5n(-c5cccc(-c6ccc7nc(-c8ccccc8)c(-c8ccccc8)nc7c6)c5)c4c3)cc2)cc1. The zero-order valence-electron chi connectivity index (χ0n) is 66.5. The largest absolute Gasteiger partial charge is 0.310 e. The van der Waals surface area contributed by atoms with Gasteiger partial charge in [-0.25, -0.2) is 19.9 Å². The van der Waals surface area contributed by atoms with Gasteiger partial charge in [0.1, 0.15) is 0 Å². The Kier molecular flexibility index (Phi) is 18.4. The predicted molar refractivity (Wildman–Crippen MR) is 510 cm³/mol. The smallest absolute Gasteiger partial charge is 0.0973 e. The molecule has 0 aliphatic carbocycles. The van der Waals surface area contributed by atoms with Crippen LogP contribution in [0.5, 0.6) is 0 Å². The topological polar surface area (TPSA) is 67.9 Å². The molecule has 19 aromatic carbocycles. The maximum Gasteiger partial charge on any atom is 0.0973 e. The fourth-order valence-electron chi connectivity index (χ4n) is 17.7. The highest BCUT2D eigenvalue weighted by molar-refractivity contribution is 6.23. The number of rotatable bonds is 15. The van der Waals surface area contributed by atoms with Gasteiger partial charge in [0.2, 0.25) is 0 Å². The molecule has 0 unspecified atom stereocenters. The van der Waals surface area contributed by atoms with Crippen molar-refractivity contribution >= 4 is 121 Å². The van der Waals surface area contributed by atoms with Crippen LogP contribution in [0, 0.1) is 0 Å². The second-order valence-electron chi connectivity index (χ2n) is 30.8. The van der Waals surface area contributed by atoms with E-state index in [4.69, 9.17) is 19.9 Å². The van der Waals surface area contributed by atoms with Crippen molar-refractivity contribution in [1.82, 2.24) is 29.1 Å². The Morgan fingerprint density at radius 1 is 0.164 bits per heavy atom. The van der Waals surface area contributed by atoms with Crippen LogP contribution in [0.25, 0.3) is 177 Å². The molecule has 572 valence electrons. The fourth-order valence-corrected chi connectivity index (χ4v) is 17.7. The van der Waals surface area contributed by atoms with Gasteiger partial charge in [0.15, 0.2) is 0 Å². The van der Waals surface area contributed by atoms with Crippen molar-refractivity contribution in [2.75, 3.05) is 9.80 Å². The lowest BCUT2D eigenvalue weighted by atomic mass is 10.0. The molecular weight excluding hydrogens is 1480 g/mol. The quantitative estimate of drug-likeness (QED) is 0.102. The number of nitrogens with zero attached hydrogens (tertiary/aromatic N) is 8. The van der Waals surface area contributed by atoms with Crippen molar-refractivity contribution in [3.8, 4) is 89.8 Å². The van der Waals surface area contributed by atoms with Gasteiger partial charge in [0.25, 0.3) is 0 Å². The third-order valence-corrected chi connectivity index (χ3v) is 23.5. The lowest BCUT2D eigenvalue weighted by Gasteiger charge is -2.26. The van der Waals surface area contributed by atoms with Crippen LogP contribution in [0.15, 0.2) is 461 Å². The number of hydrogen-bond acceptors (Lipinski definition) is 6. The highest BCUT2D eigenvalue weighted by atomic mass is 15.2. The molecule has 0 bridgehead atoms. The standard InChI is InChI=1S/C60H40N4.C54H36N4/c1-5-16-41(17-6-1)42-28-32-49(33-29-42)63(48-24-11-4-12-25-48)51-34-35-53-57(40-51)64(56-37-31-43-18-13-14-27-52(43)58(53)56)50-26-15-23-46(38-50)47-30-36-54-55(39-47)62-60(45-21-9-3-10-22-45)59(61-54)44-19-7-2-8-20-44;1-5-15-37(16-6-1)38-25-28-43(29-26-38)57(42-22-11-4-12-23-42)45-30-32-47-51(36-45)58(50-34-27-39-17-13-14-24-46(39)52(47)50)44-31-33-48-49(35-44)56-54(41-20-9-3-10-21-41)53(55-48)40-18-7-2-8-19-40/h1-40H;1-36H. The van der Waals surface area contributed by atoms with Gasteiger partial charge in [0.05, 0.1) is 66.9 Å². The maximum absolute atomic E-state index is 5.37. The van der Waals surface area contributed by atoms with Crippen LogP contribution in [-0.2, 0) is 0 Å². The van der Waals surface area contributed by atoms with Gasteiger partial charge in [-0.05, 0) is 182 Å². The van der Waals surface area contributed by atoms with E-state index in [0.717, 1.165) is 146 Å². The molecule has 0 amide bonds. The summed E-state index contributed by atoms with van der Waals surface area (Å²) in [6, 6.07) is 164. The minimum absolute atomic E-state index is 0.840. The van der Waals surface area contributed by atoms with E-state index in [9.17, 15) is 0 Å². The number of para-hydroxylation sites is 2. The third-order valence-electron chi connectivity index (χ3n) is 23.5. The van der Waals surface area contributed by atoms with Gasteiger partial charge in [-0.15, -0.1) is 0 Å². The van der Waals surface area contributed by atoms with Gasteiger partial charge in [-0.2, -0.15) is 0 Å². The molecule has 0 spiro atoms. The maximum atomic E-state index is 5.37. The summed E-state index contributed by atoms with van der Waals surface area (Å²) in [6.07, 6.45) is 0. The van der Waals surface area contributed by atoms with E-state index in [0.29, 0.717) is 0 Å². The molecule has 0 atom stereocenters. The van der Waals surface area contributed by atoms with E-state index in [1.165, 1.54) is 65.3 Å². The van der Waals surface area contributed by atoms with Crippen molar-refractivity contribution in [3.63, 3.8) is 0 Å². The van der Waals surface area contributed by atoms with Gasteiger partial charge >= 0.3 is 0 Å². The first-order valence-corrected chi connectivity index (χ1v) is 41.4. The van der Waals surface area contributed by atoms with Crippen LogP contribution in [0.3, 0.4) is 0 Å². The van der Waals surface area contributed by atoms with Crippen LogP contribution in [0.2, 0.25) is 0 Å². The van der Waals surface area contributed by atoms with Crippen molar-refractivity contribution in [2.45, 2.75) is 0 Å². The summed E-state index contributed by atoms with van der Waals surface area (Å²) in [7, 11) is 0. The summed E-state index contributed by atoms with van der Waals surface area (Å²) in [5.41, 5.74) is 31.2.